The standard InChI is InChI=1S/C5H5NO.4CH3.BF4.U/c7-5-3-1-2-4-6-5;;;;;2-1(3,4)5;/h1-4H,(H,6,7);4*1H3;;/q;;;;;-1;+1/p-1. The summed E-state index contributed by atoms with van der Waals surface area (Å²) in [6, 6.07) is 5.36. The summed E-state index contributed by atoms with van der Waals surface area (Å²) in [4.78, 5) is 11.5. The van der Waals surface area contributed by atoms with Crippen LogP contribution < -0.4 is 5.56 Å². The molecule has 0 aliphatic rings. The predicted octanol–water partition coefficient (Wildman–Crippen LogP) is 3.80. The van der Waals surface area contributed by atoms with Gasteiger partial charge in [-0.2, -0.15) is 0 Å². The number of aromatic nitrogens is 1. The van der Waals surface area contributed by atoms with Crippen molar-refractivity contribution in [2.45, 2.75) is 15.8 Å². The Morgan fingerprint density at radius 1 is 1.06 bits per heavy atom. The summed E-state index contributed by atoms with van der Waals surface area (Å²) in [6.45, 7) is 0. The van der Waals surface area contributed by atoms with Crippen molar-refractivity contribution in [3.8, 4) is 0 Å². The van der Waals surface area contributed by atoms with Gasteiger partial charge in [0.2, 0.25) is 0 Å². The third kappa shape index (κ3) is 8.50. The number of halogens is 4. The molecule has 8 heteroatoms. The van der Waals surface area contributed by atoms with Crippen LogP contribution in [0.2, 0.25) is 15.8 Å². The van der Waals surface area contributed by atoms with Crippen molar-refractivity contribution >= 4 is 7.25 Å². The van der Waals surface area contributed by atoms with E-state index in [1.54, 1.807) is 12.1 Å². The Labute approximate surface area is 99.6 Å². The molecule has 17 heavy (non-hydrogen) atoms. The Balaban J connectivity index is 0.000000437. The van der Waals surface area contributed by atoms with Gasteiger partial charge < -0.3 is 17.3 Å². The van der Waals surface area contributed by atoms with Crippen LogP contribution in [0.15, 0.2) is 29.2 Å². The first-order chi connectivity index (χ1) is 7.27. The van der Waals surface area contributed by atoms with Gasteiger partial charge in [-0.1, -0.05) is 0 Å². The molecule has 0 radical (unpaired) electrons. The van der Waals surface area contributed by atoms with Crippen molar-refractivity contribution in [2.24, 2.45) is 0 Å². The third-order valence-corrected chi connectivity index (χ3v) is 11.3. The van der Waals surface area contributed by atoms with Gasteiger partial charge in [-0.05, 0) is 0 Å². The first-order valence-electron chi connectivity index (χ1n) is 5.07. The molecule has 1 heterocycles. The summed E-state index contributed by atoms with van der Waals surface area (Å²) < 4.78 is 50.0. The van der Waals surface area contributed by atoms with E-state index in [2.05, 4.69) is 15.8 Å². The van der Waals surface area contributed by atoms with E-state index in [0.717, 1.165) is 0 Å². The zero-order valence-electron chi connectivity index (χ0n) is 10.3. The molecule has 0 aromatic carbocycles. The van der Waals surface area contributed by atoms with E-state index in [9.17, 15) is 22.1 Å². The van der Waals surface area contributed by atoms with E-state index in [1.807, 2.05) is 14.2 Å². The van der Waals surface area contributed by atoms with Crippen molar-refractivity contribution in [1.82, 2.24) is 1.90 Å². The van der Waals surface area contributed by atoms with Crippen molar-refractivity contribution in [3.63, 3.8) is 0 Å². The first-order valence-corrected chi connectivity index (χ1v) is 23.6. The van der Waals surface area contributed by atoms with Gasteiger partial charge in [0.05, 0.1) is 0 Å². The summed E-state index contributed by atoms with van der Waals surface area (Å²) in [7, 11) is -6.00. The molecule has 2 nitrogen and oxygen atoms in total. The van der Waals surface area contributed by atoms with Crippen LogP contribution in [0.3, 0.4) is 0 Å². The number of pyridine rings is 1. The Bertz CT molecular complexity index is 420. The zero-order chi connectivity index (χ0) is 13.9. The molecule has 0 fully saturated rings. The van der Waals surface area contributed by atoms with Crippen LogP contribution >= 0.6 is 0 Å². The molecular weight excluding hydrogens is 463 g/mol. The Morgan fingerprint density at radius 3 is 1.71 bits per heavy atom. The van der Waals surface area contributed by atoms with Crippen molar-refractivity contribution in [3.05, 3.63) is 34.7 Å². The van der Waals surface area contributed by atoms with Gasteiger partial charge in [0, 0.05) is 0 Å². The van der Waals surface area contributed by atoms with E-state index in [4.69, 9.17) is 0 Å². The van der Waals surface area contributed by atoms with Gasteiger partial charge in [-0.3, -0.25) is 0 Å². The van der Waals surface area contributed by atoms with Gasteiger partial charge in [-0.15, -0.1) is 0 Å². The van der Waals surface area contributed by atoms with Crippen LogP contribution in [0, 0.1) is 23.0 Å². The summed E-state index contributed by atoms with van der Waals surface area (Å²) in [5.74, 6) is 0. The molecule has 0 aliphatic heterocycles. The second kappa shape index (κ2) is 5.19. The normalized spacial score (nSPS) is 14.2. The van der Waals surface area contributed by atoms with E-state index in [1.165, 1.54) is 0 Å². The molecule has 0 aliphatic carbocycles. The summed E-state index contributed by atoms with van der Waals surface area (Å²) in [6.07, 6.45) is 1.92. The summed E-state index contributed by atoms with van der Waals surface area (Å²) in [5, 5.41) is 0. The fourth-order valence-corrected chi connectivity index (χ4v) is 7.99. The minimum absolute atomic E-state index is 0.144. The quantitative estimate of drug-likeness (QED) is 0.444. The van der Waals surface area contributed by atoms with Crippen LogP contribution in [-0.4, -0.2) is 9.16 Å². The minimum atomic E-state index is -6.00. The molecule has 0 amide bonds. The number of hydrogen-bond acceptors (Lipinski definition) is 1. The monoisotopic (exact) mass is 479 g/mol. The van der Waals surface area contributed by atoms with Crippen LogP contribution in [0.1, 0.15) is 0 Å². The van der Waals surface area contributed by atoms with E-state index in [-0.39, 0.29) is 5.56 Å². The molecular formula is C9H16BF4NOU-. The molecule has 0 atom stereocenters. The molecule has 0 unspecified atom stereocenters. The van der Waals surface area contributed by atoms with E-state index in [0.29, 0.717) is 0 Å². The van der Waals surface area contributed by atoms with Gasteiger partial charge in [0.15, 0.2) is 0 Å². The Kier molecular flexibility index (Phi) is 5.13. The molecule has 0 N–H and O–H groups in total. The average molecular weight is 479 g/mol. The molecule has 0 spiro atoms. The van der Waals surface area contributed by atoms with Crippen molar-refractivity contribution in [2.75, 3.05) is 0 Å². The van der Waals surface area contributed by atoms with Gasteiger partial charge in [0.1, 0.15) is 0 Å². The fourth-order valence-electron chi connectivity index (χ4n) is 1.17. The summed E-state index contributed by atoms with van der Waals surface area (Å²) in [5.41, 5.74) is 0.144. The zero-order valence-corrected chi connectivity index (χ0v) is 14.4. The summed E-state index contributed by atoms with van der Waals surface area (Å²) >= 11 is -2.96. The van der Waals surface area contributed by atoms with Crippen LogP contribution in [0.25, 0.3) is 0 Å². The fraction of sp³-hybridized carbons (Fsp3) is 0.444. The first kappa shape index (κ1) is 16.8. The molecule has 1 aromatic heterocycles. The number of nitrogens with zero attached hydrogens (tertiary/aromatic N) is 1. The maximum absolute atomic E-state index is 11.5. The van der Waals surface area contributed by atoms with Gasteiger partial charge >= 0.3 is 82.7 Å². The van der Waals surface area contributed by atoms with Crippen molar-refractivity contribution in [1.29, 1.82) is 0 Å². The molecule has 1 rings (SSSR count). The van der Waals surface area contributed by atoms with Gasteiger partial charge in [0.25, 0.3) is 0 Å². The van der Waals surface area contributed by atoms with Crippen LogP contribution in [0.5, 0.6) is 0 Å². The maximum atomic E-state index is 11.5. The molecule has 0 saturated carbocycles. The van der Waals surface area contributed by atoms with Crippen LogP contribution in [-0.2, 0) is 0 Å². The number of hydrogen-bond donors (Lipinski definition) is 0. The predicted molar refractivity (Wildman–Crippen MR) is 59.7 cm³/mol. The van der Waals surface area contributed by atoms with Crippen molar-refractivity contribution < 1.29 is 40.2 Å². The molecule has 99 valence electrons. The topological polar surface area (TPSA) is 22.0 Å². The third-order valence-electron chi connectivity index (χ3n) is 1.79. The Hall–Kier alpha value is -0.213. The SMILES string of the molecule is F[B-](F)(F)F.[CH3][U]([CH3])([CH3])([CH3])[n]1ccccc1=O. The molecule has 0 bridgehead atoms. The van der Waals surface area contributed by atoms with Crippen LogP contribution in [0.4, 0.5) is 17.3 Å². The van der Waals surface area contributed by atoms with Gasteiger partial charge in [-0.25, -0.2) is 0 Å². The average Bonchev–Trinajstić information content (AvgIpc) is 1.97. The second-order valence-electron chi connectivity index (χ2n) is 5.80. The molecule has 0 saturated heterocycles. The second-order valence-corrected chi connectivity index (χ2v) is 40.2. The Morgan fingerprint density at radius 2 is 1.47 bits per heavy atom. The van der Waals surface area contributed by atoms with E-state index < -0.39 is 30.2 Å². The van der Waals surface area contributed by atoms with E-state index >= 15 is 0 Å². The molecule has 1 aromatic rings. The number of rotatable bonds is 1.